The first kappa shape index (κ1) is 16.7. The molecule has 6 nitrogen and oxygen atoms in total. The zero-order valence-corrected chi connectivity index (χ0v) is 13.7. The first-order valence-corrected chi connectivity index (χ1v) is 7.75. The smallest absolute Gasteiger partial charge is 0.274 e. The van der Waals surface area contributed by atoms with Crippen LogP contribution in [0.15, 0.2) is 36.7 Å². The average Bonchev–Trinajstić information content (AvgIpc) is 2.57. The highest BCUT2D eigenvalue weighted by Crippen LogP contribution is 2.16. The molecule has 0 aliphatic heterocycles. The molecule has 2 N–H and O–H groups in total. The van der Waals surface area contributed by atoms with Gasteiger partial charge >= 0.3 is 0 Å². The fraction of sp³-hybridized carbons (Fsp3) is 0.353. The van der Waals surface area contributed by atoms with E-state index in [1.165, 1.54) is 6.33 Å². The Kier molecular flexibility index (Phi) is 5.91. The van der Waals surface area contributed by atoms with Crippen LogP contribution in [0.4, 0.5) is 11.5 Å². The Morgan fingerprint density at radius 1 is 1.22 bits per heavy atom. The van der Waals surface area contributed by atoms with Crippen molar-refractivity contribution in [1.82, 2.24) is 9.97 Å². The molecule has 1 aromatic carbocycles. The molecule has 0 radical (unpaired) electrons. The lowest BCUT2D eigenvalue weighted by Crippen LogP contribution is -2.17. The molecule has 1 atom stereocenters. The number of benzene rings is 1. The third kappa shape index (κ3) is 4.95. The van der Waals surface area contributed by atoms with E-state index in [1.54, 1.807) is 18.2 Å². The van der Waals surface area contributed by atoms with Crippen LogP contribution in [0.1, 0.15) is 37.7 Å². The van der Waals surface area contributed by atoms with Crippen LogP contribution in [0.2, 0.25) is 0 Å². The second-order valence-corrected chi connectivity index (χ2v) is 5.15. The zero-order valence-electron chi connectivity index (χ0n) is 13.7. The Bertz CT molecular complexity index is 643. The number of carbonyl (C=O) groups excluding carboxylic acids is 1. The summed E-state index contributed by atoms with van der Waals surface area (Å²) in [6.07, 6.45) is 2.36. The summed E-state index contributed by atoms with van der Waals surface area (Å²) in [6.45, 7) is 6.68. The number of hydrogen-bond acceptors (Lipinski definition) is 5. The minimum Gasteiger partial charge on any atom is -0.494 e. The fourth-order valence-corrected chi connectivity index (χ4v) is 1.91. The topological polar surface area (TPSA) is 76.1 Å². The Morgan fingerprint density at radius 3 is 2.61 bits per heavy atom. The third-order valence-corrected chi connectivity index (χ3v) is 3.33. The minimum atomic E-state index is -0.274. The predicted molar refractivity (Wildman–Crippen MR) is 91.0 cm³/mol. The molecule has 6 heteroatoms. The van der Waals surface area contributed by atoms with Crippen LogP contribution in [0.25, 0.3) is 0 Å². The van der Waals surface area contributed by atoms with Crippen LogP contribution >= 0.6 is 0 Å². The van der Waals surface area contributed by atoms with Crippen LogP contribution in [-0.2, 0) is 0 Å². The van der Waals surface area contributed by atoms with Gasteiger partial charge < -0.3 is 15.4 Å². The fourth-order valence-electron chi connectivity index (χ4n) is 1.91. The number of anilines is 2. The Labute approximate surface area is 136 Å². The molecule has 1 unspecified atom stereocenters. The van der Waals surface area contributed by atoms with Crippen molar-refractivity contribution >= 4 is 17.4 Å². The van der Waals surface area contributed by atoms with Crippen molar-refractivity contribution in [2.45, 2.75) is 33.2 Å². The van der Waals surface area contributed by atoms with E-state index in [0.717, 1.165) is 12.2 Å². The molecular formula is C17H22N4O2. The number of nitrogens with zero attached hydrogens (tertiary/aromatic N) is 2. The van der Waals surface area contributed by atoms with Crippen molar-refractivity contribution < 1.29 is 9.53 Å². The molecule has 0 aliphatic rings. The lowest BCUT2D eigenvalue weighted by Gasteiger charge is -2.12. The highest BCUT2D eigenvalue weighted by atomic mass is 16.5. The molecule has 0 bridgehead atoms. The van der Waals surface area contributed by atoms with Gasteiger partial charge in [0, 0.05) is 17.8 Å². The lowest BCUT2D eigenvalue weighted by molar-refractivity contribution is 0.102. The number of carbonyl (C=O) groups is 1. The molecule has 0 saturated carbocycles. The van der Waals surface area contributed by atoms with Gasteiger partial charge in [-0.15, -0.1) is 0 Å². The molecule has 23 heavy (non-hydrogen) atoms. The molecule has 1 amide bonds. The van der Waals surface area contributed by atoms with Gasteiger partial charge in [0.2, 0.25) is 0 Å². The molecule has 1 aromatic heterocycles. The van der Waals surface area contributed by atoms with E-state index in [9.17, 15) is 4.79 Å². The average molecular weight is 314 g/mol. The van der Waals surface area contributed by atoms with Gasteiger partial charge in [-0.1, -0.05) is 6.92 Å². The number of nitrogens with one attached hydrogen (secondary N) is 2. The maximum absolute atomic E-state index is 12.3. The molecule has 2 rings (SSSR count). The van der Waals surface area contributed by atoms with Crippen molar-refractivity contribution in [2.24, 2.45) is 0 Å². The van der Waals surface area contributed by atoms with Gasteiger partial charge in [-0.05, 0) is 44.5 Å². The predicted octanol–water partition coefficient (Wildman–Crippen LogP) is 3.34. The van der Waals surface area contributed by atoms with Crippen molar-refractivity contribution in [1.29, 1.82) is 0 Å². The monoisotopic (exact) mass is 314 g/mol. The number of rotatable bonds is 7. The van der Waals surface area contributed by atoms with Crippen molar-refractivity contribution in [3.05, 3.63) is 42.4 Å². The van der Waals surface area contributed by atoms with E-state index in [4.69, 9.17) is 4.74 Å². The Balaban J connectivity index is 2.03. The standard InChI is InChI=1S/C17H22N4O2/c1-4-12(3)20-16-10-15(18-11-19-16)17(22)21-13-6-8-14(9-7-13)23-5-2/h6-12H,4-5H2,1-3H3,(H,21,22)(H,18,19,20). The quantitative estimate of drug-likeness (QED) is 0.819. The third-order valence-electron chi connectivity index (χ3n) is 3.33. The summed E-state index contributed by atoms with van der Waals surface area (Å²) in [5.41, 5.74) is 1.01. The number of amides is 1. The SMILES string of the molecule is CCOc1ccc(NC(=O)c2cc(NC(C)CC)ncn2)cc1. The second kappa shape index (κ2) is 8.12. The summed E-state index contributed by atoms with van der Waals surface area (Å²) in [5, 5.41) is 6.03. The van der Waals surface area contributed by atoms with Gasteiger partial charge in [0.1, 0.15) is 23.6 Å². The van der Waals surface area contributed by atoms with Crippen LogP contribution in [0.5, 0.6) is 5.75 Å². The minimum absolute atomic E-state index is 0.274. The van der Waals surface area contributed by atoms with Crippen molar-refractivity contribution in [3.63, 3.8) is 0 Å². The second-order valence-electron chi connectivity index (χ2n) is 5.15. The van der Waals surface area contributed by atoms with E-state index >= 15 is 0 Å². The summed E-state index contributed by atoms with van der Waals surface area (Å²) >= 11 is 0. The molecule has 0 aliphatic carbocycles. The normalized spacial score (nSPS) is 11.6. The van der Waals surface area contributed by atoms with Crippen LogP contribution < -0.4 is 15.4 Å². The molecule has 2 aromatic rings. The highest BCUT2D eigenvalue weighted by molar-refractivity contribution is 6.03. The number of aromatic nitrogens is 2. The van der Waals surface area contributed by atoms with E-state index < -0.39 is 0 Å². The first-order chi connectivity index (χ1) is 11.1. The van der Waals surface area contributed by atoms with E-state index in [2.05, 4.69) is 34.4 Å². The maximum atomic E-state index is 12.3. The van der Waals surface area contributed by atoms with Gasteiger partial charge in [0.15, 0.2) is 0 Å². The van der Waals surface area contributed by atoms with Crippen LogP contribution in [-0.4, -0.2) is 28.5 Å². The number of ether oxygens (including phenoxy) is 1. The van der Waals surface area contributed by atoms with Gasteiger partial charge in [-0.3, -0.25) is 4.79 Å². The summed E-state index contributed by atoms with van der Waals surface area (Å²) in [6, 6.07) is 9.15. The highest BCUT2D eigenvalue weighted by Gasteiger charge is 2.10. The van der Waals surface area contributed by atoms with Crippen molar-refractivity contribution in [2.75, 3.05) is 17.2 Å². The summed E-state index contributed by atoms with van der Waals surface area (Å²) in [5.74, 6) is 1.14. The summed E-state index contributed by atoms with van der Waals surface area (Å²) in [4.78, 5) is 20.4. The maximum Gasteiger partial charge on any atom is 0.274 e. The Morgan fingerprint density at radius 2 is 1.96 bits per heavy atom. The molecule has 0 spiro atoms. The van der Waals surface area contributed by atoms with E-state index in [0.29, 0.717) is 23.8 Å². The zero-order chi connectivity index (χ0) is 16.7. The molecule has 122 valence electrons. The molecular weight excluding hydrogens is 292 g/mol. The van der Waals surface area contributed by atoms with Crippen molar-refractivity contribution in [3.8, 4) is 5.75 Å². The molecule has 1 heterocycles. The summed E-state index contributed by atoms with van der Waals surface area (Å²) in [7, 11) is 0. The van der Waals surface area contributed by atoms with E-state index in [-0.39, 0.29) is 11.9 Å². The van der Waals surface area contributed by atoms with Gasteiger partial charge in [-0.2, -0.15) is 0 Å². The molecule has 0 saturated heterocycles. The lowest BCUT2D eigenvalue weighted by atomic mass is 10.2. The summed E-state index contributed by atoms with van der Waals surface area (Å²) < 4.78 is 5.37. The Hall–Kier alpha value is -2.63. The van der Waals surface area contributed by atoms with Crippen LogP contribution in [0, 0.1) is 0 Å². The largest absolute Gasteiger partial charge is 0.494 e. The van der Waals surface area contributed by atoms with Gasteiger partial charge in [0.25, 0.3) is 5.91 Å². The number of hydrogen-bond donors (Lipinski definition) is 2. The van der Waals surface area contributed by atoms with Gasteiger partial charge in [-0.25, -0.2) is 9.97 Å². The van der Waals surface area contributed by atoms with Crippen LogP contribution in [0.3, 0.4) is 0 Å². The molecule has 0 fully saturated rings. The van der Waals surface area contributed by atoms with Gasteiger partial charge in [0.05, 0.1) is 6.61 Å². The van der Waals surface area contributed by atoms with E-state index in [1.807, 2.05) is 19.1 Å². The first-order valence-electron chi connectivity index (χ1n) is 7.75.